The fraction of sp³-hybridized carbons (Fsp3) is 0.350. The zero-order valence-electron chi connectivity index (χ0n) is 14.7. The zero-order valence-corrected chi connectivity index (χ0v) is 14.7. The average molecular weight is 327 g/mol. The predicted octanol–water partition coefficient (Wildman–Crippen LogP) is 4.00. The molecule has 128 valence electrons. The highest BCUT2D eigenvalue weighted by atomic mass is 16.6. The van der Waals surface area contributed by atoms with Crippen LogP contribution in [0.2, 0.25) is 0 Å². The second-order valence-electron chi connectivity index (χ2n) is 6.52. The van der Waals surface area contributed by atoms with Crippen LogP contribution < -0.4 is 10.2 Å². The molecule has 0 radical (unpaired) electrons. The maximum atomic E-state index is 12.4. The molecule has 0 unspecified atom stereocenters. The van der Waals surface area contributed by atoms with Crippen molar-refractivity contribution in [1.82, 2.24) is 5.48 Å². The van der Waals surface area contributed by atoms with Crippen LogP contribution in [0.25, 0.3) is 0 Å². The molecule has 4 nitrogen and oxygen atoms in total. The molecular weight excluding hydrogens is 302 g/mol. The maximum absolute atomic E-state index is 12.4. The molecule has 0 saturated carbocycles. The van der Waals surface area contributed by atoms with Gasteiger partial charge in [0.1, 0.15) is 5.75 Å². The summed E-state index contributed by atoms with van der Waals surface area (Å²) in [6.07, 6.45) is 0.118. The molecule has 4 heteroatoms. The summed E-state index contributed by atoms with van der Waals surface area (Å²) in [5, 5.41) is 0. The molecule has 0 aliphatic heterocycles. The minimum Gasteiger partial charge on any atom is -0.491 e. The van der Waals surface area contributed by atoms with Crippen molar-refractivity contribution in [1.29, 1.82) is 0 Å². The first kappa shape index (κ1) is 18.0. The molecular formula is C20H25NO3. The molecule has 0 aliphatic carbocycles. The Bertz CT molecular complexity index is 666. The lowest BCUT2D eigenvalue weighted by Crippen LogP contribution is -2.39. The van der Waals surface area contributed by atoms with E-state index in [0.717, 1.165) is 16.9 Å². The number of hydrogen-bond acceptors (Lipinski definition) is 3. The van der Waals surface area contributed by atoms with Gasteiger partial charge in [0.25, 0.3) is 5.91 Å². The summed E-state index contributed by atoms with van der Waals surface area (Å²) in [6.45, 7) is 7.99. The van der Waals surface area contributed by atoms with Crippen LogP contribution in [0.15, 0.2) is 54.6 Å². The van der Waals surface area contributed by atoms with Crippen molar-refractivity contribution in [3.63, 3.8) is 0 Å². The lowest BCUT2D eigenvalue weighted by Gasteiger charge is -2.23. The van der Waals surface area contributed by atoms with Gasteiger partial charge in [0.2, 0.25) is 0 Å². The van der Waals surface area contributed by atoms with Gasteiger partial charge in [-0.1, -0.05) is 42.5 Å². The van der Waals surface area contributed by atoms with Gasteiger partial charge < -0.3 is 4.74 Å². The molecule has 0 fully saturated rings. The molecule has 0 atom stereocenters. The lowest BCUT2D eigenvalue weighted by atomic mass is 9.84. The van der Waals surface area contributed by atoms with Crippen molar-refractivity contribution in [2.24, 2.45) is 0 Å². The van der Waals surface area contributed by atoms with Gasteiger partial charge in [0.05, 0.1) is 18.1 Å². The summed E-state index contributed by atoms with van der Waals surface area (Å²) in [7, 11) is 0. The van der Waals surface area contributed by atoms with Crippen LogP contribution in [-0.4, -0.2) is 12.0 Å². The normalized spacial score (nSPS) is 11.4. The van der Waals surface area contributed by atoms with E-state index in [9.17, 15) is 4.79 Å². The van der Waals surface area contributed by atoms with Gasteiger partial charge in [-0.15, -0.1) is 0 Å². The quantitative estimate of drug-likeness (QED) is 0.782. The number of hydroxylamine groups is 1. The van der Waals surface area contributed by atoms with Crippen molar-refractivity contribution >= 4 is 5.91 Å². The Morgan fingerprint density at radius 3 is 2.46 bits per heavy atom. The van der Waals surface area contributed by atoms with Crippen LogP contribution >= 0.6 is 0 Å². The number of rotatable bonds is 7. The molecule has 2 rings (SSSR count). The van der Waals surface area contributed by atoms with Crippen LogP contribution in [-0.2, 0) is 21.7 Å². The smallest absolute Gasteiger partial charge is 0.253 e. The first-order valence-corrected chi connectivity index (χ1v) is 8.13. The molecule has 2 aromatic carbocycles. The molecule has 0 bridgehead atoms. The van der Waals surface area contributed by atoms with E-state index >= 15 is 0 Å². The largest absolute Gasteiger partial charge is 0.491 e. The summed E-state index contributed by atoms with van der Waals surface area (Å²) >= 11 is 0. The number of carbonyl (C=O) groups is 1. The van der Waals surface area contributed by atoms with Gasteiger partial charge in [-0.05, 0) is 51.0 Å². The predicted molar refractivity (Wildman–Crippen MR) is 94.6 cm³/mol. The summed E-state index contributed by atoms with van der Waals surface area (Å²) in [4.78, 5) is 17.8. The SMILES string of the molecule is CC(C)Oc1cccc(CONC(=O)C(C)(C)c2ccccc2)c1. The van der Waals surface area contributed by atoms with Gasteiger partial charge in [-0.3, -0.25) is 9.63 Å². The average Bonchev–Trinajstić information content (AvgIpc) is 2.55. The van der Waals surface area contributed by atoms with Crippen LogP contribution in [0.5, 0.6) is 5.75 Å². The van der Waals surface area contributed by atoms with E-state index in [1.54, 1.807) is 0 Å². The lowest BCUT2D eigenvalue weighted by molar-refractivity contribution is -0.139. The number of hydrogen-bond donors (Lipinski definition) is 1. The Labute approximate surface area is 143 Å². The van der Waals surface area contributed by atoms with Crippen LogP contribution in [0.3, 0.4) is 0 Å². The Morgan fingerprint density at radius 1 is 1.08 bits per heavy atom. The molecule has 2 aromatic rings. The molecule has 1 amide bonds. The summed E-state index contributed by atoms with van der Waals surface area (Å²) < 4.78 is 5.65. The molecule has 0 heterocycles. The van der Waals surface area contributed by atoms with Crippen molar-refractivity contribution in [3.8, 4) is 5.75 Å². The summed E-state index contributed by atoms with van der Waals surface area (Å²) in [5.74, 6) is 0.616. The molecule has 0 spiro atoms. The third-order valence-electron chi connectivity index (χ3n) is 3.74. The van der Waals surface area contributed by atoms with E-state index in [-0.39, 0.29) is 18.6 Å². The third kappa shape index (κ3) is 4.83. The Kier molecular flexibility index (Phi) is 5.99. The van der Waals surface area contributed by atoms with E-state index in [1.807, 2.05) is 82.3 Å². The van der Waals surface area contributed by atoms with Gasteiger partial charge in [0, 0.05) is 0 Å². The van der Waals surface area contributed by atoms with Gasteiger partial charge in [-0.25, -0.2) is 5.48 Å². The zero-order chi connectivity index (χ0) is 17.6. The second kappa shape index (κ2) is 7.97. The maximum Gasteiger partial charge on any atom is 0.253 e. The Hall–Kier alpha value is -2.33. The van der Waals surface area contributed by atoms with Crippen LogP contribution in [0.1, 0.15) is 38.8 Å². The fourth-order valence-corrected chi connectivity index (χ4v) is 2.28. The van der Waals surface area contributed by atoms with E-state index in [0.29, 0.717) is 0 Å². The minimum atomic E-state index is -0.663. The number of benzene rings is 2. The highest BCUT2D eigenvalue weighted by Gasteiger charge is 2.29. The number of ether oxygens (including phenoxy) is 1. The monoisotopic (exact) mass is 327 g/mol. The van der Waals surface area contributed by atoms with E-state index < -0.39 is 5.41 Å². The molecule has 0 saturated heterocycles. The number of carbonyl (C=O) groups excluding carboxylic acids is 1. The van der Waals surface area contributed by atoms with E-state index in [4.69, 9.17) is 9.57 Å². The number of amides is 1. The molecule has 0 aromatic heterocycles. The van der Waals surface area contributed by atoms with Gasteiger partial charge in [0.15, 0.2) is 0 Å². The molecule has 24 heavy (non-hydrogen) atoms. The van der Waals surface area contributed by atoms with Crippen LogP contribution in [0.4, 0.5) is 0 Å². The van der Waals surface area contributed by atoms with E-state index in [2.05, 4.69) is 5.48 Å². The van der Waals surface area contributed by atoms with Crippen molar-refractivity contribution in [3.05, 3.63) is 65.7 Å². The Morgan fingerprint density at radius 2 is 1.79 bits per heavy atom. The Balaban J connectivity index is 1.91. The first-order chi connectivity index (χ1) is 11.4. The minimum absolute atomic E-state index is 0.118. The summed E-state index contributed by atoms with van der Waals surface area (Å²) in [5.41, 5.74) is 3.77. The van der Waals surface area contributed by atoms with Gasteiger partial charge >= 0.3 is 0 Å². The van der Waals surface area contributed by atoms with Crippen LogP contribution in [0, 0.1) is 0 Å². The highest BCUT2D eigenvalue weighted by Crippen LogP contribution is 2.23. The van der Waals surface area contributed by atoms with Crippen molar-refractivity contribution < 1.29 is 14.4 Å². The van der Waals surface area contributed by atoms with Crippen molar-refractivity contribution in [2.45, 2.75) is 45.8 Å². The summed E-state index contributed by atoms with van der Waals surface area (Å²) in [6, 6.07) is 17.3. The molecule has 1 N–H and O–H groups in total. The van der Waals surface area contributed by atoms with E-state index in [1.165, 1.54) is 0 Å². The fourth-order valence-electron chi connectivity index (χ4n) is 2.28. The standard InChI is InChI=1S/C20H25NO3/c1-15(2)24-18-12-8-9-16(13-18)14-23-21-19(22)20(3,4)17-10-6-5-7-11-17/h5-13,15H,14H2,1-4H3,(H,21,22). The van der Waals surface area contributed by atoms with Crippen molar-refractivity contribution in [2.75, 3.05) is 0 Å². The topological polar surface area (TPSA) is 47.6 Å². The van der Waals surface area contributed by atoms with Gasteiger partial charge in [-0.2, -0.15) is 0 Å². The highest BCUT2D eigenvalue weighted by molar-refractivity contribution is 5.86. The second-order valence-corrected chi connectivity index (χ2v) is 6.52. The first-order valence-electron chi connectivity index (χ1n) is 8.13. The molecule has 0 aliphatic rings. The number of nitrogens with one attached hydrogen (secondary N) is 1. The third-order valence-corrected chi connectivity index (χ3v) is 3.74.